The number of rotatable bonds is 1. The highest BCUT2D eigenvalue weighted by molar-refractivity contribution is 4.91. The number of aromatic nitrogens is 1. The molecule has 1 heterocycles. The van der Waals surface area contributed by atoms with Gasteiger partial charge in [-0.15, -0.1) is 0 Å². The molecule has 1 rings (SSSR count). The van der Waals surface area contributed by atoms with Gasteiger partial charge in [-0.05, 0) is 6.92 Å². The van der Waals surface area contributed by atoms with E-state index in [2.05, 4.69) is 18.8 Å². The first-order chi connectivity index (χ1) is 5.24. The summed E-state index contributed by atoms with van der Waals surface area (Å²) in [4.78, 5) is 4.06. The number of oxazole rings is 1. The summed E-state index contributed by atoms with van der Waals surface area (Å²) in [5, 5.41) is 0. The van der Waals surface area contributed by atoms with E-state index in [0.29, 0.717) is 0 Å². The summed E-state index contributed by atoms with van der Waals surface area (Å²) in [6.07, 6.45) is 3.80. The molecule has 0 N–H and O–H groups in total. The topological polar surface area (TPSA) is 26.0 Å². The predicted octanol–water partition coefficient (Wildman–Crippen LogP) is 2.96. The van der Waals surface area contributed by atoms with Gasteiger partial charge in [-0.3, -0.25) is 0 Å². The molecule has 11 heavy (non-hydrogen) atoms. The molecular formula is C9H17NO. The third-order valence-corrected chi connectivity index (χ3v) is 0.969. The molecule has 0 saturated carbocycles. The molecule has 2 heteroatoms. The van der Waals surface area contributed by atoms with Gasteiger partial charge in [0.25, 0.3) is 0 Å². The highest BCUT2D eigenvalue weighted by Crippen LogP contribution is 1.99. The third kappa shape index (κ3) is 4.59. The van der Waals surface area contributed by atoms with Crippen molar-refractivity contribution in [2.45, 2.75) is 40.5 Å². The van der Waals surface area contributed by atoms with Gasteiger partial charge in [0.15, 0.2) is 5.89 Å². The maximum absolute atomic E-state index is 5.00. The highest BCUT2D eigenvalue weighted by atomic mass is 16.3. The Kier molecular flexibility index (Phi) is 5.53. The van der Waals surface area contributed by atoms with Gasteiger partial charge < -0.3 is 4.42 Å². The first kappa shape index (κ1) is 10.2. The average Bonchev–Trinajstić information content (AvgIpc) is 2.37. The summed E-state index contributed by atoms with van der Waals surface area (Å²) < 4.78 is 5.00. The van der Waals surface area contributed by atoms with Gasteiger partial charge in [-0.1, -0.05) is 27.2 Å². The Morgan fingerprint density at radius 1 is 1.36 bits per heavy atom. The van der Waals surface area contributed by atoms with Gasteiger partial charge >= 0.3 is 0 Å². The maximum atomic E-state index is 5.00. The molecule has 0 aliphatic rings. The van der Waals surface area contributed by atoms with E-state index in [1.54, 1.807) is 6.26 Å². The Morgan fingerprint density at radius 3 is 2.09 bits per heavy atom. The second kappa shape index (κ2) is 5.96. The normalized spacial score (nSPS) is 8.73. The lowest BCUT2D eigenvalue weighted by Gasteiger charge is -1.78. The van der Waals surface area contributed by atoms with Crippen LogP contribution in [0.25, 0.3) is 0 Å². The molecule has 0 aromatic carbocycles. The molecule has 0 spiro atoms. The Morgan fingerprint density at radius 2 is 1.91 bits per heavy atom. The summed E-state index contributed by atoms with van der Waals surface area (Å²) in [6, 6.07) is 0. The van der Waals surface area contributed by atoms with Crippen LogP contribution < -0.4 is 0 Å². The van der Waals surface area contributed by atoms with Crippen molar-refractivity contribution in [2.75, 3.05) is 0 Å². The molecule has 1 aromatic rings. The predicted molar refractivity (Wildman–Crippen MR) is 46.6 cm³/mol. The Labute approximate surface area is 68.6 Å². The molecule has 0 saturated heterocycles. The lowest BCUT2D eigenvalue weighted by atomic mass is 10.5. The van der Waals surface area contributed by atoms with Crippen LogP contribution in [-0.2, 0) is 6.42 Å². The van der Waals surface area contributed by atoms with E-state index in [9.17, 15) is 0 Å². The zero-order chi connectivity index (χ0) is 8.69. The van der Waals surface area contributed by atoms with Crippen LogP contribution in [-0.4, -0.2) is 4.98 Å². The number of hydrogen-bond donors (Lipinski definition) is 0. The van der Waals surface area contributed by atoms with Gasteiger partial charge in [0.1, 0.15) is 6.26 Å². The van der Waals surface area contributed by atoms with Crippen LogP contribution in [0.1, 0.15) is 38.8 Å². The van der Waals surface area contributed by atoms with E-state index >= 15 is 0 Å². The highest BCUT2D eigenvalue weighted by Gasteiger charge is 1.93. The van der Waals surface area contributed by atoms with E-state index in [1.807, 2.05) is 13.8 Å². The lowest BCUT2D eigenvalue weighted by molar-refractivity contribution is 0.501. The fourth-order valence-electron chi connectivity index (χ4n) is 0.565. The lowest BCUT2D eigenvalue weighted by Crippen LogP contribution is -1.76. The molecule has 1 aromatic heterocycles. The van der Waals surface area contributed by atoms with E-state index in [1.165, 1.54) is 6.42 Å². The van der Waals surface area contributed by atoms with Crippen LogP contribution in [0.4, 0.5) is 0 Å². The maximum Gasteiger partial charge on any atom is 0.193 e. The van der Waals surface area contributed by atoms with Crippen LogP contribution >= 0.6 is 0 Å². The fraction of sp³-hybridized carbons (Fsp3) is 0.667. The van der Waals surface area contributed by atoms with Gasteiger partial charge in [-0.2, -0.15) is 0 Å². The van der Waals surface area contributed by atoms with Crippen molar-refractivity contribution in [1.82, 2.24) is 4.98 Å². The van der Waals surface area contributed by atoms with Crippen molar-refractivity contribution in [2.24, 2.45) is 0 Å². The van der Waals surface area contributed by atoms with Crippen molar-refractivity contribution in [3.05, 3.63) is 17.8 Å². The molecule has 0 bridgehead atoms. The zero-order valence-corrected chi connectivity index (χ0v) is 7.85. The fourth-order valence-corrected chi connectivity index (χ4v) is 0.565. The summed E-state index contributed by atoms with van der Waals surface area (Å²) in [5.41, 5.74) is 0.960. The molecule has 0 aliphatic heterocycles. The van der Waals surface area contributed by atoms with Gasteiger partial charge in [0.2, 0.25) is 0 Å². The first-order valence-corrected chi connectivity index (χ1v) is 4.15. The smallest absolute Gasteiger partial charge is 0.193 e. The van der Waals surface area contributed by atoms with E-state index < -0.39 is 0 Å². The summed E-state index contributed by atoms with van der Waals surface area (Å²) >= 11 is 0. The Bertz CT molecular complexity index is 181. The second-order valence-corrected chi connectivity index (χ2v) is 2.44. The van der Waals surface area contributed by atoms with Crippen molar-refractivity contribution in [3.8, 4) is 0 Å². The standard InChI is InChI=1S/C6H9NO.C3H8/c1-3-6-7-5(2)4-8-6;1-3-2/h4H,3H2,1-2H3;3H2,1-2H3. The van der Waals surface area contributed by atoms with Crippen molar-refractivity contribution >= 4 is 0 Å². The van der Waals surface area contributed by atoms with Crippen LogP contribution in [0.3, 0.4) is 0 Å². The number of aryl methyl sites for hydroxylation is 2. The van der Waals surface area contributed by atoms with Gasteiger partial charge in [-0.25, -0.2) is 4.98 Å². The Balaban J connectivity index is 0.000000292. The molecule has 0 amide bonds. The minimum Gasteiger partial charge on any atom is -0.449 e. The first-order valence-electron chi connectivity index (χ1n) is 4.15. The SMILES string of the molecule is CCC.CCc1nc(C)co1. The summed E-state index contributed by atoms with van der Waals surface area (Å²) in [6.45, 7) is 8.19. The van der Waals surface area contributed by atoms with Gasteiger partial charge in [0.05, 0.1) is 5.69 Å². The van der Waals surface area contributed by atoms with Crippen LogP contribution in [0.5, 0.6) is 0 Å². The van der Waals surface area contributed by atoms with Crippen molar-refractivity contribution in [1.29, 1.82) is 0 Å². The van der Waals surface area contributed by atoms with Crippen LogP contribution in [0, 0.1) is 6.92 Å². The molecular weight excluding hydrogens is 138 g/mol. The second-order valence-electron chi connectivity index (χ2n) is 2.44. The molecule has 0 aliphatic carbocycles. The summed E-state index contributed by atoms with van der Waals surface area (Å²) in [7, 11) is 0. The van der Waals surface area contributed by atoms with E-state index in [4.69, 9.17) is 4.42 Å². The monoisotopic (exact) mass is 155 g/mol. The summed E-state index contributed by atoms with van der Waals surface area (Å²) in [5.74, 6) is 0.822. The van der Waals surface area contributed by atoms with Crippen molar-refractivity contribution < 1.29 is 4.42 Å². The van der Waals surface area contributed by atoms with Crippen LogP contribution in [0.15, 0.2) is 10.7 Å². The van der Waals surface area contributed by atoms with Gasteiger partial charge in [0, 0.05) is 6.42 Å². The molecule has 64 valence electrons. The van der Waals surface area contributed by atoms with Crippen LogP contribution in [0.2, 0.25) is 0 Å². The van der Waals surface area contributed by atoms with E-state index in [-0.39, 0.29) is 0 Å². The number of nitrogens with zero attached hydrogens (tertiary/aromatic N) is 1. The largest absolute Gasteiger partial charge is 0.449 e. The van der Waals surface area contributed by atoms with Crippen molar-refractivity contribution in [3.63, 3.8) is 0 Å². The average molecular weight is 155 g/mol. The Hall–Kier alpha value is -0.790. The minimum absolute atomic E-state index is 0.822. The molecule has 0 fully saturated rings. The molecule has 0 unspecified atom stereocenters. The molecule has 2 nitrogen and oxygen atoms in total. The molecule has 0 radical (unpaired) electrons. The quantitative estimate of drug-likeness (QED) is 0.623. The minimum atomic E-state index is 0.822. The third-order valence-electron chi connectivity index (χ3n) is 0.969. The zero-order valence-electron chi connectivity index (χ0n) is 7.85. The molecule has 0 atom stereocenters. The van der Waals surface area contributed by atoms with E-state index in [0.717, 1.165) is 18.0 Å². The number of hydrogen-bond acceptors (Lipinski definition) is 2.